The van der Waals surface area contributed by atoms with Crippen LogP contribution in [0.4, 0.5) is 0 Å². The first kappa shape index (κ1) is 7.32. The van der Waals surface area contributed by atoms with Crippen molar-refractivity contribution in [2.75, 3.05) is 6.54 Å². The molecule has 1 heterocycles. The van der Waals surface area contributed by atoms with Crippen molar-refractivity contribution in [2.24, 2.45) is 11.7 Å². The molecule has 0 radical (unpaired) electrons. The third-order valence-electron chi connectivity index (χ3n) is 2.46. The van der Waals surface area contributed by atoms with Gasteiger partial charge in [-0.15, -0.1) is 11.3 Å². The van der Waals surface area contributed by atoms with E-state index in [0.29, 0.717) is 0 Å². The SMILES string of the molecule is NCC1CCc2sccc2C1. The van der Waals surface area contributed by atoms with E-state index in [2.05, 4.69) is 11.4 Å². The summed E-state index contributed by atoms with van der Waals surface area (Å²) < 4.78 is 0. The summed E-state index contributed by atoms with van der Waals surface area (Å²) in [6.07, 6.45) is 3.77. The lowest BCUT2D eigenvalue weighted by Crippen LogP contribution is -2.20. The second-order valence-electron chi connectivity index (χ2n) is 3.21. The van der Waals surface area contributed by atoms with Crippen LogP contribution in [0, 0.1) is 5.92 Å². The summed E-state index contributed by atoms with van der Waals surface area (Å²) in [4.78, 5) is 1.59. The van der Waals surface area contributed by atoms with Gasteiger partial charge in [0.25, 0.3) is 0 Å². The predicted molar refractivity (Wildman–Crippen MR) is 48.9 cm³/mol. The molecule has 11 heavy (non-hydrogen) atoms. The average molecular weight is 167 g/mol. The molecular weight excluding hydrogens is 154 g/mol. The zero-order chi connectivity index (χ0) is 7.68. The molecule has 1 aliphatic carbocycles. The molecule has 1 unspecified atom stereocenters. The highest BCUT2D eigenvalue weighted by molar-refractivity contribution is 7.10. The van der Waals surface area contributed by atoms with Gasteiger partial charge in [0.1, 0.15) is 0 Å². The maximum atomic E-state index is 5.63. The smallest absolute Gasteiger partial charge is 0.00774 e. The topological polar surface area (TPSA) is 26.0 Å². The van der Waals surface area contributed by atoms with Crippen molar-refractivity contribution in [3.8, 4) is 0 Å². The third-order valence-corrected chi connectivity index (χ3v) is 3.48. The molecule has 0 saturated heterocycles. The zero-order valence-electron chi connectivity index (χ0n) is 6.55. The first-order valence-corrected chi connectivity index (χ1v) is 5.03. The monoisotopic (exact) mass is 167 g/mol. The summed E-state index contributed by atoms with van der Waals surface area (Å²) in [7, 11) is 0. The minimum Gasteiger partial charge on any atom is -0.330 e. The molecule has 2 N–H and O–H groups in total. The standard InChI is InChI=1S/C9H13NS/c10-6-7-1-2-9-8(5-7)3-4-11-9/h3-4,7H,1-2,5-6,10H2. The van der Waals surface area contributed by atoms with Gasteiger partial charge in [0.05, 0.1) is 0 Å². The van der Waals surface area contributed by atoms with Crippen LogP contribution in [0.3, 0.4) is 0 Å². The van der Waals surface area contributed by atoms with Crippen molar-refractivity contribution < 1.29 is 0 Å². The van der Waals surface area contributed by atoms with Crippen molar-refractivity contribution in [3.05, 3.63) is 21.9 Å². The molecule has 1 nitrogen and oxygen atoms in total. The fourth-order valence-corrected chi connectivity index (χ4v) is 2.65. The highest BCUT2D eigenvalue weighted by atomic mass is 32.1. The number of thiophene rings is 1. The van der Waals surface area contributed by atoms with Crippen molar-refractivity contribution in [2.45, 2.75) is 19.3 Å². The van der Waals surface area contributed by atoms with Gasteiger partial charge in [-0.2, -0.15) is 0 Å². The first-order valence-electron chi connectivity index (χ1n) is 4.15. The van der Waals surface area contributed by atoms with E-state index in [4.69, 9.17) is 5.73 Å². The number of rotatable bonds is 1. The van der Waals surface area contributed by atoms with Gasteiger partial charge in [-0.1, -0.05) is 0 Å². The molecule has 1 aliphatic rings. The zero-order valence-corrected chi connectivity index (χ0v) is 7.36. The summed E-state index contributed by atoms with van der Waals surface area (Å²) in [6.45, 7) is 0.856. The molecule has 0 fully saturated rings. The summed E-state index contributed by atoms with van der Waals surface area (Å²) in [5.41, 5.74) is 7.19. The highest BCUT2D eigenvalue weighted by Gasteiger charge is 2.17. The van der Waals surface area contributed by atoms with E-state index >= 15 is 0 Å². The Morgan fingerprint density at radius 1 is 1.64 bits per heavy atom. The van der Waals surface area contributed by atoms with Gasteiger partial charge in [-0.3, -0.25) is 0 Å². The Morgan fingerprint density at radius 2 is 2.55 bits per heavy atom. The fourth-order valence-electron chi connectivity index (χ4n) is 1.72. The van der Waals surface area contributed by atoms with Crippen LogP contribution in [0.15, 0.2) is 11.4 Å². The molecule has 2 heteroatoms. The van der Waals surface area contributed by atoms with E-state index < -0.39 is 0 Å². The van der Waals surface area contributed by atoms with Gasteiger partial charge < -0.3 is 5.73 Å². The Morgan fingerprint density at radius 3 is 3.36 bits per heavy atom. The molecule has 0 bridgehead atoms. The van der Waals surface area contributed by atoms with Crippen molar-refractivity contribution >= 4 is 11.3 Å². The third kappa shape index (κ3) is 1.33. The predicted octanol–water partition coefficient (Wildman–Crippen LogP) is 1.81. The fraction of sp³-hybridized carbons (Fsp3) is 0.556. The van der Waals surface area contributed by atoms with Crippen LogP contribution in [-0.2, 0) is 12.8 Å². The molecular formula is C9H13NS. The molecule has 60 valence electrons. The summed E-state index contributed by atoms with van der Waals surface area (Å²) in [6, 6.07) is 2.25. The van der Waals surface area contributed by atoms with Gasteiger partial charge >= 0.3 is 0 Å². The number of fused-ring (bicyclic) bond motifs is 1. The quantitative estimate of drug-likeness (QED) is 0.678. The van der Waals surface area contributed by atoms with Crippen LogP contribution in [0.2, 0.25) is 0 Å². The molecule has 0 spiro atoms. The van der Waals surface area contributed by atoms with Gasteiger partial charge in [0, 0.05) is 4.88 Å². The van der Waals surface area contributed by atoms with E-state index in [1.165, 1.54) is 19.3 Å². The molecule has 0 saturated carbocycles. The van der Waals surface area contributed by atoms with Crippen molar-refractivity contribution in [3.63, 3.8) is 0 Å². The Labute approximate surface area is 71.2 Å². The Bertz CT molecular complexity index is 241. The lowest BCUT2D eigenvalue weighted by atomic mass is 9.89. The Kier molecular flexibility index (Phi) is 1.96. The van der Waals surface area contributed by atoms with Crippen LogP contribution in [0.25, 0.3) is 0 Å². The molecule has 1 aromatic rings. The second kappa shape index (κ2) is 2.95. The van der Waals surface area contributed by atoms with Crippen LogP contribution in [0.1, 0.15) is 16.9 Å². The Hall–Kier alpha value is -0.340. The van der Waals surface area contributed by atoms with Crippen LogP contribution in [-0.4, -0.2) is 6.54 Å². The van der Waals surface area contributed by atoms with E-state index in [0.717, 1.165) is 12.5 Å². The van der Waals surface area contributed by atoms with Crippen molar-refractivity contribution in [1.29, 1.82) is 0 Å². The van der Waals surface area contributed by atoms with Crippen LogP contribution in [0.5, 0.6) is 0 Å². The van der Waals surface area contributed by atoms with Gasteiger partial charge in [0.15, 0.2) is 0 Å². The summed E-state index contributed by atoms with van der Waals surface area (Å²) >= 11 is 1.90. The van der Waals surface area contributed by atoms with Crippen LogP contribution >= 0.6 is 11.3 Å². The second-order valence-corrected chi connectivity index (χ2v) is 4.21. The molecule has 2 rings (SSSR count). The van der Waals surface area contributed by atoms with Gasteiger partial charge in [0.2, 0.25) is 0 Å². The van der Waals surface area contributed by atoms with Crippen LogP contribution < -0.4 is 5.73 Å². The Balaban J connectivity index is 2.18. The van der Waals surface area contributed by atoms with E-state index in [9.17, 15) is 0 Å². The summed E-state index contributed by atoms with van der Waals surface area (Å²) in [5, 5.41) is 2.20. The molecule has 0 amide bonds. The highest BCUT2D eigenvalue weighted by Crippen LogP contribution is 2.28. The first-order chi connectivity index (χ1) is 5.40. The number of hydrogen-bond donors (Lipinski definition) is 1. The number of hydrogen-bond acceptors (Lipinski definition) is 2. The molecule has 0 aromatic carbocycles. The molecule has 1 aromatic heterocycles. The maximum absolute atomic E-state index is 5.63. The van der Waals surface area contributed by atoms with Gasteiger partial charge in [-0.05, 0) is 48.7 Å². The molecule has 1 atom stereocenters. The normalized spacial score (nSPS) is 23.2. The van der Waals surface area contributed by atoms with E-state index in [1.54, 1.807) is 10.4 Å². The average Bonchev–Trinajstić information content (AvgIpc) is 2.50. The maximum Gasteiger partial charge on any atom is 0.00774 e. The van der Waals surface area contributed by atoms with E-state index in [1.807, 2.05) is 11.3 Å². The minimum atomic E-state index is 0.747. The molecule has 0 aliphatic heterocycles. The van der Waals surface area contributed by atoms with E-state index in [-0.39, 0.29) is 0 Å². The largest absolute Gasteiger partial charge is 0.330 e. The number of nitrogens with two attached hydrogens (primary N) is 1. The van der Waals surface area contributed by atoms with Gasteiger partial charge in [-0.25, -0.2) is 0 Å². The summed E-state index contributed by atoms with van der Waals surface area (Å²) in [5.74, 6) is 0.747. The minimum absolute atomic E-state index is 0.747. The van der Waals surface area contributed by atoms with Crippen molar-refractivity contribution in [1.82, 2.24) is 0 Å². The number of aryl methyl sites for hydroxylation is 1. The lowest BCUT2D eigenvalue weighted by molar-refractivity contribution is 0.473. The lowest BCUT2D eigenvalue weighted by Gasteiger charge is -2.19.